The zero-order chi connectivity index (χ0) is 15.4. The molecule has 1 aromatic rings. The van der Waals surface area contributed by atoms with Crippen LogP contribution in [0.15, 0.2) is 22.7 Å². The van der Waals surface area contributed by atoms with E-state index in [4.69, 9.17) is 17.3 Å². The summed E-state index contributed by atoms with van der Waals surface area (Å²) >= 11 is 9.70. The Bertz CT molecular complexity index is 461. The first-order chi connectivity index (χ1) is 9.97. The van der Waals surface area contributed by atoms with E-state index in [9.17, 15) is 0 Å². The van der Waals surface area contributed by atoms with E-state index in [-0.39, 0.29) is 6.04 Å². The van der Waals surface area contributed by atoms with E-state index in [1.165, 1.54) is 25.9 Å². The van der Waals surface area contributed by atoms with Gasteiger partial charge in [0.05, 0.1) is 0 Å². The number of piperidine rings is 1. The van der Waals surface area contributed by atoms with Crippen molar-refractivity contribution in [3.8, 4) is 0 Å². The zero-order valence-corrected chi connectivity index (χ0v) is 15.2. The molecule has 1 aliphatic rings. The fraction of sp³-hybridized carbons (Fsp3) is 0.625. The molecule has 2 rings (SSSR count). The van der Waals surface area contributed by atoms with Gasteiger partial charge in [-0.1, -0.05) is 33.6 Å². The third kappa shape index (κ3) is 4.93. The van der Waals surface area contributed by atoms with Gasteiger partial charge in [-0.2, -0.15) is 0 Å². The predicted molar refractivity (Wildman–Crippen MR) is 93.8 cm³/mol. The monoisotopic (exact) mass is 373 g/mol. The van der Waals surface area contributed by atoms with Crippen molar-refractivity contribution in [1.29, 1.82) is 0 Å². The average Bonchev–Trinajstić information content (AvgIpc) is 2.45. The summed E-state index contributed by atoms with van der Waals surface area (Å²) < 4.78 is 0.992. The molecule has 1 fully saturated rings. The number of halogens is 2. The molecular weight excluding hydrogens is 350 g/mol. The van der Waals surface area contributed by atoms with Crippen LogP contribution in [0.2, 0.25) is 5.02 Å². The van der Waals surface area contributed by atoms with Gasteiger partial charge in [-0.25, -0.2) is 0 Å². The Balaban J connectivity index is 1.84. The second-order valence-corrected chi connectivity index (χ2v) is 7.40. The molecule has 2 N–H and O–H groups in total. The molecule has 0 saturated carbocycles. The molecule has 0 amide bonds. The number of likely N-dealkylation sites (tertiary alicyclic amines) is 1. The fourth-order valence-electron chi connectivity index (χ4n) is 2.92. The highest BCUT2D eigenvalue weighted by molar-refractivity contribution is 9.10. The van der Waals surface area contributed by atoms with Crippen LogP contribution in [-0.4, -0.2) is 49.6 Å². The Kier molecular flexibility index (Phi) is 6.51. The van der Waals surface area contributed by atoms with Crippen molar-refractivity contribution < 1.29 is 0 Å². The normalized spacial score (nSPS) is 19.1. The van der Waals surface area contributed by atoms with Gasteiger partial charge in [-0.3, -0.25) is 0 Å². The predicted octanol–water partition coefficient (Wildman–Crippen LogP) is 3.52. The van der Waals surface area contributed by atoms with Gasteiger partial charge < -0.3 is 15.5 Å². The quantitative estimate of drug-likeness (QED) is 0.856. The lowest BCUT2D eigenvalue weighted by Crippen LogP contribution is -2.42. The van der Waals surface area contributed by atoms with Crippen LogP contribution in [0.4, 0.5) is 0 Å². The molecule has 0 bridgehead atoms. The first-order valence-electron chi connectivity index (χ1n) is 7.56. The Hall–Kier alpha value is -0.130. The number of benzene rings is 1. The summed E-state index contributed by atoms with van der Waals surface area (Å²) in [6, 6.07) is 6.62. The second-order valence-electron chi connectivity index (χ2n) is 6.08. The zero-order valence-electron chi connectivity index (χ0n) is 12.9. The maximum absolute atomic E-state index is 6.31. The standard InChI is InChI=1S/C16H25BrClN3/c1-20-8-5-13(6-9-20)21(2)10-7-16(19)14-4-3-12(17)11-15(14)18/h3-4,11,13,16H,5-10,19H2,1-2H3. The first kappa shape index (κ1) is 17.2. The number of hydrogen-bond acceptors (Lipinski definition) is 3. The Morgan fingerprint density at radius 3 is 2.71 bits per heavy atom. The molecule has 118 valence electrons. The van der Waals surface area contributed by atoms with Gasteiger partial charge in [0.1, 0.15) is 0 Å². The highest BCUT2D eigenvalue weighted by Crippen LogP contribution is 2.27. The number of nitrogens with zero attached hydrogens (tertiary/aromatic N) is 2. The van der Waals surface area contributed by atoms with Crippen LogP contribution in [0.25, 0.3) is 0 Å². The second kappa shape index (κ2) is 7.93. The maximum Gasteiger partial charge on any atom is 0.0464 e. The minimum Gasteiger partial charge on any atom is -0.324 e. The lowest BCUT2D eigenvalue weighted by molar-refractivity contribution is 0.141. The summed E-state index contributed by atoms with van der Waals surface area (Å²) in [4.78, 5) is 4.86. The van der Waals surface area contributed by atoms with Crippen LogP contribution in [0.3, 0.4) is 0 Å². The molecule has 0 radical (unpaired) electrons. The summed E-state index contributed by atoms with van der Waals surface area (Å²) in [6.07, 6.45) is 3.44. The summed E-state index contributed by atoms with van der Waals surface area (Å²) in [6.45, 7) is 3.40. The van der Waals surface area contributed by atoms with Crippen molar-refractivity contribution >= 4 is 27.5 Å². The molecule has 1 aromatic carbocycles. The summed E-state index contributed by atoms with van der Waals surface area (Å²) in [5.74, 6) is 0. The lowest BCUT2D eigenvalue weighted by atomic mass is 10.0. The Labute approximate surface area is 141 Å². The maximum atomic E-state index is 6.31. The van der Waals surface area contributed by atoms with Crippen molar-refractivity contribution in [2.24, 2.45) is 5.73 Å². The molecule has 1 atom stereocenters. The Morgan fingerprint density at radius 2 is 2.10 bits per heavy atom. The summed E-state index contributed by atoms with van der Waals surface area (Å²) in [5, 5.41) is 0.749. The average molecular weight is 375 g/mol. The van der Waals surface area contributed by atoms with Crippen LogP contribution >= 0.6 is 27.5 Å². The molecule has 5 heteroatoms. The highest BCUT2D eigenvalue weighted by atomic mass is 79.9. The van der Waals surface area contributed by atoms with Gasteiger partial charge in [-0.15, -0.1) is 0 Å². The topological polar surface area (TPSA) is 32.5 Å². The molecule has 0 aliphatic carbocycles. The van der Waals surface area contributed by atoms with Crippen LogP contribution in [0, 0.1) is 0 Å². The van der Waals surface area contributed by atoms with Gasteiger partial charge in [0.2, 0.25) is 0 Å². The summed E-state index contributed by atoms with van der Waals surface area (Å²) in [7, 11) is 4.41. The van der Waals surface area contributed by atoms with E-state index in [1.54, 1.807) is 0 Å². The molecule has 1 heterocycles. The van der Waals surface area contributed by atoms with E-state index in [1.807, 2.05) is 18.2 Å². The van der Waals surface area contributed by atoms with Crippen LogP contribution < -0.4 is 5.73 Å². The lowest BCUT2D eigenvalue weighted by Gasteiger charge is -2.35. The van der Waals surface area contributed by atoms with Crippen molar-refractivity contribution in [2.45, 2.75) is 31.3 Å². The van der Waals surface area contributed by atoms with Gasteiger partial charge in [0.15, 0.2) is 0 Å². The Morgan fingerprint density at radius 1 is 1.43 bits per heavy atom. The van der Waals surface area contributed by atoms with E-state index in [0.29, 0.717) is 6.04 Å². The smallest absolute Gasteiger partial charge is 0.0464 e. The first-order valence-corrected chi connectivity index (χ1v) is 8.74. The minimum atomic E-state index is -0.000635. The molecule has 1 saturated heterocycles. The minimum absolute atomic E-state index is 0.000635. The van der Waals surface area contributed by atoms with Gasteiger partial charge >= 0.3 is 0 Å². The molecular formula is C16H25BrClN3. The number of rotatable bonds is 5. The van der Waals surface area contributed by atoms with E-state index in [0.717, 1.165) is 28.0 Å². The van der Waals surface area contributed by atoms with Crippen molar-refractivity contribution in [2.75, 3.05) is 33.7 Å². The van der Waals surface area contributed by atoms with E-state index < -0.39 is 0 Å². The highest BCUT2D eigenvalue weighted by Gasteiger charge is 2.21. The van der Waals surface area contributed by atoms with E-state index >= 15 is 0 Å². The molecule has 1 unspecified atom stereocenters. The van der Waals surface area contributed by atoms with Crippen LogP contribution in [0.5, 0.6) is 0 Å². The van der Waals surface area contributed by atoms with Crippen LogP contribution in [-0.2, 0) is 0 Å². The van der Waals surface area contributed by atoms with Gasteiger partial charge in [0, 0.05) is 21.6 Å². The van der Waals surface area contributed by atoms with Crippen LogP contribution in [0.1, 0.15) is 30.9 Å². The number of nitrogens with two attached hydrogens (primary N) is 1. The molecule has 21 heavy (non-hydrogen) atoms. The number of hydrogen-bond donors (Lipinski definition) is 1. The molecule has 3 nitrogen and oxygen atoms in total. The largest absolute Gasteiger partial charge is 0.324 e. The van der Waals surface area contributed by atoms with Crippen molar-refractivity contribution in [1.82, 2.24) is 9.80 Å². The van der Waals surface area contributed by atoms with Gasteiger partial charge in [0.25, 0.3) is 0 Å². The molecule has 0 spiro atoms. The summed E-state index contributed by atoms with van der Waals surface area (Å²) in [5.41, 5.74) is 7.35. The fourth-order valence-corrected chi connectivity index (χ4v) is 3.73. The van der Waals surface area contributed by atoms with Crippen molar-refractivity contribution in [3.63, 3.8) is 0 Å². The third-order valence-electron chi connectivity index (χ3n) is 4.47. The molecule has 0 aromatic heterocycles. The van der Waals surface area contributed by atoms with Crippen molar-refractivity contribution in [3.05, 3.63) is 33.3 Å². The van der Waals surface area contributed by atoms with Gasteiger partial charge in [-0.05, 0) is 70.7 Å². The van der Waals surface area contributed by atoms with E-state index in [2.05, 4.69) is 39.8 Å². The molecule has 1 aliphatic heterocycles. The third-order valence-corrected chi connectivity index (χ3v) is 5.29. The SMILES string of the molecule is CN1CCC(N(C)CCC(N)c2ccc(Br)cc2Cl)CC1.